The predicted octanol–water partition coefficient (Wildman–Crippen LogP) is 2.78. The second-order valence-electron chi connectivity index (χ2n) is 1.61. The maximum Gasteiger partial charge on any atom is 0.428 e. The third kappa shape index (κ3) is 4.20. The van der Waals surface area contributed by atoms with Gasteiger partial charge in [0.25, 0.3) is 0 Å². The number of hydrogen-bond donors (Lipinski definition) is 1. The molecule has 0 aromatic carbocycles. The molecule has 0 amide bonds. The highest BCUT2D eigenvalue weighted by atomic mass is 35.6. The number of ether oxygens (including phenoxy) is 1. The Morgan fingerprint density at radius 2 is 1.33 bits per heavy atom. The molecule has 1 N–H and O–H groups in total. The van der Waals surface area contributed by atoms with Crippen LogP contribution in [0.1, 0.15) is 0 Å². The fraction of sp³-hybridized carbons (Fsp3) is 1.00. The van der Waals surface area contributed by atoms with Crippen molar-refractivity contribution >= 4 is 46.4 Å². The van der Waals surface area contributed by atoms with Crippen LogP contribution < -0.4 is 0 Å². The number of aliphatic hydroxyl groups is 1. The molecule has 0 fully saturated rings. The van der Waals surface area contributed by atoms with E-state index in [2.05, 4.69) is 16.3 Å². The molecule has 0 saturated carbocycles. The molecule has 9 heteroatoms. The van der Waals surface area contributed by atoms with Crippen LogP contribution in [0.25, 0.3) is 0 Å². The molecule has 2 nitrogen and oxygen atoms in total. The van der Waals surface area contributed by atoms with Crippen molar-refractivity contribution in [2.75, 3.05) is 0 Å². The van der Waals surface area contributed by atoms with Crippen LogP contribution >= 0.6 is 46.4 Å². The molecular formula is C3HCl4F3O2. The summed E-state index contributed by atoms with van der Waals surface area (Å²) in [5, 5.41) is 3.49. The van der Waals surface area contributed by atoms with Gasteiger partial charge in [0, 0.05) is 0 Å². The van der Waals surface area contributed by atoms with Gasteiger partial charge in [-0.25, -0.2) is 0 Å². The number of hydrogen-bond acceptors (Lipinski definition) is 2. The van der Waals surface area contributed by atoms with Crippen LogP contribution in [0.5, 0.6) is 0 Å². The third-order valence-corrected chi connectivity index (χ3v) is 1.13. The highest BCUT2D eigenvalue weighted by Crippen LogP contribution is 2.42. The van der Waals surface area contributed by atoms with E-state index < -0.39 is 15.4 Å². The summed E-state index contributed by atoms with van der Waals surface area (Å²) in [5.41, 5.74) is 0. The zero-order chi connectivity index (χ0) is 10.2. The van der Waals surface area contributed by atoms with E-state index >= 15 is 0 Å². The Morgan fingerprint density at radius 1 is 1.00 bits per heavy atom. The van der Waals surface area contributed by atoms with Gasteiger partial charge < -0.3 is 5.11 Å². The summed E-state index contributed by atoms with van der Waals surface area (Å²) in [6.45, 7) is 0. The molecule has 0 aromatic heterocycles. The summed E-state index contributed by atoms with van der Waals surface area (Å²) < 4.78 is 36.5. The molecule has 0 bridgehead atoms. The lowest BCUT2D eigenvalue weighted by Gasteiger charge is -2.25. The van der Waals surface area contributed by atoms with E-state index in [1.54, 1.807) is 0 Å². The first-order chi connectivity index (χ1) is 4.96. The Balaban J connectivity index is 4.44. The summed E-state index contributed by atoms with van der Waals surface area (Å²) in [6, 6.07) is 0. The van der Waals surface area contributed by atoms with E-state index in [9.17, 15) is 13.2 Å². The van der Waals surface area contributed by atoms with Gasteiger partial charge in [0.05, 0.1) is 0 Å². The van der Waals surface area contributed by atoms with Crippen LogP contribution in [0.2, 0.25) is 0 Å². The van der Waals surface area contributed by atoms with Gasteiger partial charge in [-0.05, 0) is 11.6 Å². The van der Waals surface area contributed by atoms with Gasteiger partial charge in [0.15, 0.2) is 0 Å². The van der Waals surface area contributed by atoms with Gasteiger partial charge in [-0.2, -0.15) is 13.2 Å². The first kappa shape index (κ1) is 12.9. The Labute approximate surface area is 85.1 Å². The topological polar surface area (TPSA) is 29.5 Å². The molecule has 0 aliphatic heterocycles. The molecule has 1 atom stereocenters. The minimum absolute atomic E-state index is 2.79. The number of alkyl halides is 7. The van der Waals surface area contributed by atoms with Crippen LogP contribution in [-0.2, 0) is 4.74 Å². The van der Waals surface area contributed by atoms with Crippen molar-refractivity contribution in [1.29, 1.82) is 0 Å². The smallest absolute Gasteiger partial charge is 0.331 e. The second kappa shape index (κ2) is 3.55. The van der Waals surface area contributed by atoms with Crippen LogP contribution in [0.3, 0.4) is 0 Å². The second-order valence-corrected chi connectivity index (χ2v) is 4.27. The van der Waals surface area contributed by atoms with Gasteiger partial charge in [-0.1, -0.05) is 34.8 Å². The largest absolute Gasteiger partial charge is 0.428 e. The maximum absolute atomic E-state index is 12.4. The lowest BCUT2D eigenvalue weighted by atomic mass is 10.6. The van der Waals surface area contributed by atoms with E-state index in [-0.39, 0.29) is 0 Å². The molecule has 0 radical (unpaired) electrons. The number of rotatable bonds is 2. The van der Waals surface area contributed by atoms with Crippen molar-refractivity contribution in [3.8, 4) is 0 Å². The molecule has 0 heterocycles. The number of halogens is 7. The Morgan fingerprint density at radius 3 is 1.42 bits per heavy atom. The van der Waals surface area contributed by atoms with Gasteiger partial charge in [-0.3, -0.25) is 4.74 Å². The van der Waals surface area contributed by atoms with Crippen molar-refractivity contribution in [2.45, 2.75) is 15.4 Å². The molecule has 74 valence electrons. The summed E-state index contributed by atoms with van der Waals surface area (Å²) in [4.78, 5) is 0. The van der Waals surface area contributed by atoms with Crippen molar-refractivity contribution in [3.63, 3.8) is 0 Å². The summed E-state index contributed by atoms with van der Waals surface area (Å²) in [6.07, 6.45) is -4.97. The molecule has 1 unspecified atom stereocenters. The minimum Gasteiger partial charge on any atom is -0.331 e. The average Bonchev–Trinajstić information content (AvgIpc) is 1.52. The SMILES string of the molecule is OC(F)(F)C(F)(Cl)OC(Cl)(Cl)Cl. The standard InChI is InChI=1S/C3HCl4F3O2/c4-1(8,2(9,10)11)12-3(5,6)7/h11H. The highest BCUT2D eigenvalue weighted by Gasteiger charge is 2.58. The summed E-state index contributed by atoms with van der Waals surface area (Å²) in [5.74, 6) is 0. The fourth-order valence-electron chi connectivity index (χ4n) is 0.207. The van der Waals surface area contributed by atoms with Crippen LogP contribution in [0, 0.1) is 0 Å². The summed E-state index contributed by atoms with van der Waals surface area (Å²) in [7, 11) is 0. The molecule has 0 rings (SSSR count). The molecule has 0 saturated heterocycles. The zero-order valence-electron chi connectivity index (χ0n) is 5.00. The molecule has 12 heavy (non-hydrogen) atoms. The van der Waals surface area contributed by atoms with Crippen LogP contribution in [0.4, 0.5) is 13.2 Å². The van der Waals surface area contributed by atoms with Crippen LogP contribution in [-0.4, -0.2) is 20.5 Å². The quantitative estimate of drug-likeness (QED) is 0.780. The third-order valence-electron chi connectivity index (χ3n) is 0.594. The van der Waals surface area contributed by atoms with Crippen molar-refractivity contribution in [3.05, 3.63) is 0 Å². The first-order valence-corrected chi connectivity index (χ1v) is 3.72. The lowest BCUT2D eigenvalue weighted by molar-refractivity contribution is -0.331. The molecule has 0 spiro atoms. The highest BCUT2D eigenvalue weighted by molar-refractivity contribution is 6.66. The summed E-state index contributed by atoms with van der Waals surface area (Å²) >= 11 is 18.6. The maximum atomic E-state index is 12.4. The van der Waals surface area contributed by atoms with Gasteiger partial charge in [0.2, 0.25) is 0 Å². The van der Waals surface area contributed by atoms with Gasteiger partial charge >= 0.3 is 15.4 Å². The van der Waals surface area contributed by atoms with E-state index in [1.807, 2.05) is 0 Å². The van der Waals surface area contributed by atoms with E-state index in [0.29, 0.717) is 0 Å². The van der Waals surface area contributed by atoms with Crippen LogP contribution in [0.15, 0.2) is 0 Å². The molecule has 0 aromatic rings. The van der Waals surface area contributed by atoms with E-state index in [1.165, 1.54) is 0 Å². The van der Waals surface area contributed by atoms with E-state index in [0.717, 1.165) is 0 Å². The van der Waals surface area contributed by atoms with Gasteiger partial charge in [-0.15, -0.1) is 0 Å². The Hall–Kier alpha value is 0.870. The first-order valence-electron chi connectivity index (χ1n) is 2.20. The lowest BCUT2D eigenvalue weighted by Crippen LogP contribution is -2.44. The molecule has 0 aliphatic rings. The Kier molecular flexibility index (Phi) is 3.81. The monoisotopic (exact) mass is 266 g/mol. The van der Waals surface area contributed by atoms with Crippen molar-refractivity contribution in [1.82, 2.24) is 0 Å². The zero-order valence-corrected chi connectivity index (χ0v) is 8.02. The van der Waals surface area contributed by atoms with E-state index in [4.69, 9.17) is 39.9 Å². The minimum atomic E-state index is -4.97. The van der Waals surface area contributed by atoms with Crippen molar-refractivity contribution < 1.29 is 23.0 Å². The van der Waals surface area contributed by atoms with Crippen molar-refractivity contribution in [2.24, 2.45) is 0 Å². The molecule has 0 aliphatic carbocycles. The fourth-order valence-corrected chi connectivity index (χ4v) is 0.760. The average molecular weight is 268 g/mol. The predicted molar refractivity (Wildman–Crippen MR) is 38.2 cm³/mol. The van der Waals surface area contributed by atoms with Gasteiger partial charge in [0.1, 0.15) is 0 Å². The Bertz CT molecular complexity index is 162. The normalized spacial score (nSPS) is 19.0. The molecular weight excluding hydrogens is 267 g/mol.